The van der Waals surface area contributed by atoms with E-state index in [1.807, 2.05) is 30.5 Å². The molecule has 45 heavy (non-hydrogen) atoms. The van der Waals surface area contributed by atoms with E-state index < -0.39 is 0 Å². The molecule has 1 N–H and O–H groups in total. The number of aromatic nitrogens is 2. The maximum absolute atomic E-state index is 10.7. The minimum atomic E-state index is -0.282. The Morgan fingerprint density at radius 3 is 2.36 bits per heavy atom. The fourth-order valence-corrected chi connectivity index (χ4v) is 6.76. The zero-order chi connectivity index (χ0) is 30.7. The molecule has 0 radical (unpaired) electrons. The van der Waals surface area contributed by atoms with Gasteiger partial charge in [0.1, 0.15) is 17.4 Å². The maximum Gasteiger partial charge on any atom is 0.158 e. The van der Waals surface area contributed by atoms with Gasteiger partial charge in [-0.1, -0.05) is 73.5 Å². The third kappa shape index (κ3) is 4.91. The Morgan fingerprint density at radius 2 is 1.60 bits per heavy atom. The molecule has 2 aromatic heterocycles. The van der Waals surface area contributed by atoms with E-state index >= 15 is 0 Å². The van der Waals surface area contributed by atoms with Crippen LogP contribution in [0, 0.1) is 38.2 Å². The van der Waals surface area contributed by atoms with Gasteiger partial charge in [0.05, 0.1) is 5.56 Å². The number of fused-ring (bicyclic) bond motifs is 3. The van der Waals surface area contributed by atoms with Crippen molar-refractivity contribution in [2.24, 2.45) is 0 Å². The van der Waals surface area contributed by atoms with Crippen molar-refractivity contribution in [1.82, 2.24) is 9.97 Å². The average Bonchev–Trinajstić information content (AvgIpc) is 3.01. The predicted octanol–water partition coefficient (Wildman–Crippen LogP) is 9.37. The van der Waals surface area contributed by atoms with E-state index in [1.54, 1.807) is 12.1 Å². The SMILES string of the molecule is Cc1cc(C)c(-c2ccnc(N3c4[c-]c(-c5ccc6ccc(C#N)c(O)c6n5)ccc4C(C)(C)c4ccccc43)c2)c(C)c1.[Pt]. The topological polar surface area (TPSA) is 73.0 Å². The van der Waals surface area contributed by atoms with Gasteiger partial charge in [0.2, 0.25) is 0 Å². The summed E-state index contributed by atoms with van der Waals surface area (Å²) < 4.78 is 0. The Kier molecular flexibility index (Phi) is 7.59. The molecule has 0 fully saturated rings. The zero-order valence-corrected chi connectivity index (χ0v) is 28.0. The monoisotopic (exact) mass is 766 g/mol. The number of para-hydroxylation sites is 1. The van der Waals surface area contributed by atoms with E-state index in [1.165, 1.54) is 27.8 Å². The molecule has 6 aromatic rings. The van der Waals surface area contributed by atoms with Crippen molar-refractivity contribution < 1.29 is 26.2 Å². The summed E-state index contributed by atoms with van der Waals surface area (Å²) in [5.41, 5.74) is 12.1. The van der Waals surface area contributed by atoms with Crippen LogP contribution < -0.4 is 4.90 Å². The molecule has 0 saturated heterocycles. The predicted molar refractivity (Wildman–Crippen MR) is 177 cm³/mol. The van der Waals surface area contributed by atoms with E-state index in [-0.39, 0.29) is 37.8 Å². The van der Waals surface area contributed by atoms with Crippen molar-refractivity contribution in [3.8, 4) is 34.2 Å². The minimum absolute atomic E-state index is 0. The van der Waals surface area contributed by atoms with Gasteiger partial charge >= 0.3 is 0 Å². The number of aromatic hydroxyl groups is 1. The third-order valence-electron chi connectivity index (χ3n) is 8.81. The van der Waals surface area contributed by atoms with Crippen LogP contribution in [0.1, 0.15) is 47.2 Å². The number of rotatable bonds is 3. The fraction of sp³-hybridized carbons (Fsp3) is 0.154. The van der Waals surface area contributed by atoms with Gasteiger partial charge in [-0.25, -0.2) is 4.98 Å². The summed E-state index contributed by atoms with van der Waals surface area (Å²) in [6, 6.07) is 34.4. The average molecular weight is 767 g/mol. The van der Waals surface area contributed by atoms with E-state index in [4.69, 9.17) is 9.97 Å². The standard InChI is InChI=1S/C39H31N4O.Pt/c1-23-18-24(2)36(25(3)19-23)28-16-17-41-35(21-28)43-33-9-7-6-8-30(33)39(4,5)31-14-12-27(20-34(31)43)32-15-13-26-10-11-29(22-40)38(44)37(26)42-32;/h6-19,21,44H,1-5H3;/q-1;. The van der Waals surface area contributed by atoms with Crippen LogP contribution in [0.4, 0.5) is 17.2 Å². The normalized spacial score (nSPS) is 13.0. The van der Waals surface area contributed by atoms with Gasteiger partial charge in [-0.2, -0.15) is 5.26 Å². The number of pyridine rings is 2. The molecular formula is C39H31N4OPt-. The number of phenols is 1. The molecule has 5 nitrogen and oxygen atoms in total. The van der Waals surface area contributed by atoms with E-state index in [0.29, 0.717) is 11.2 Å². The molecule has 6 heteroatoms. The van der Waals surface area contributed by atoms with Gasteiger partial charge in [-0.05, 0) is 89.7 Å². The van der Waals surface area contributed by atoms with Crippen LogP contribution >= 0.6 is 0 Å². The van der Waals surface area contributed by atoms with Crippen molar-refractivity contribution in [1.29, 1.82) is 5.26 Å². The van der Waals surface area contributed by atoms with Gasteiger partial charge in [-0.15, -0.1) is 23.8 Å². The Bertz CT molecular complexity index is 2160. The van der Waals surface area contributed by atoms with Crippen molar-refractivity contribution in [3.05, 3.63) is 131 Å². The first kappa shape index (κ1) is 30.3. The molecule has 3 heterocycles. The first-order valence-electron chi connectivity index (χ1n) is 14.7. The molecule has 224 valence electrons. The van der Waals surface area contributed by atoms with E-state index in [2.05, 4.69) is 100 Å². The van der Waals surface area contributed by atoms with Crippen molar-refractivity contribution in [2.45, 2.75) is 40.0 Å². The summed E-state index contributed by atoms with van der Waals surface area (Å²) >= 11 is 0. The van der Waals surface area contributed by atoms with Crippen molar-refractivity contribution >= 4 is 28.1 Å². The van der Waals surface area contributed by atoms with Crippen LogP contribution in [-0.2, 0) is 26.5 Å². The molecule has 0 saturated carbocycles. The van der Waals surface area contributed by atoms with Crippen LogP contribution in [0.5, 0.6) is 5.75 Å². The summed E-state index contributed by atoms with van der Waals surface area (Å²) in [6.45, 7) is 10.9. The molecule has 0 amide bonds. The first-order valence-corrected chi connectivity index (χ1v) is 14.7. The molecule has 0 spiro atoms. The number of hydrogen-bond donors (Lipinski definition) is 1. The van der Waals surface area contributed by atoms with Gasteiger partial charge < -0.3 is 10.0 Å². The maximum atomic E-state index is 10.7. The Balaban J connectivity index is 0.00000357. The summed E-state index contributed by atoms with van der Waals surface area (Å²) in [7, 11) is 0. The van der Waals surface area contributed by atoms with Crippen LogP contribution in [-0.4, -0.2) is 15.1 Å². The second-order valence-corrected chi connectivity index (χ2v) is 12.1. The molecule has 7 rings (SSSR count). The fourth-order valence-electron chi connectivity index (χ4n) is 6.76. The number of nitrogens with zero attached hydrogens (tertiary/aromatic N) is 4. The molecular weight excluding hydrogens is 736 g/mol. The van der Waals surface area contributed by atoms with Gasteiger partial charge in [0.25, 0.3) is 0 Å². The van der Waals surface area contributed by atoms with Gasteiger partial charge in [-0.3, -0.25) is 4.98 Å². The number of nitriles is 1. The second kappa shape index (κ2) is 11.3. The second-order valence-electron chi connectivity index (χ2n) is 12.1. The number of hydrogen-bond acceptors (Lipinski definition) is 5. The van der Waals surface area contributed by atoms with Crippen LogP contribution in [0.15, 0.2) is 91.1 Å². The molecule has 0 unspecified atom stereocenters. The molecule has 1 aliphatic rings. The van der Waals surface area contributed by atoms with Crippen LogP contribution in [0.25, 0.3) is 33.3 Å². The third-order valence-corrected chi connectivity index (χ3v) is 8.81. The largest absolute Gasteiger partial charge is 0.504 e. The summed E-state index contributed by atoms with van der Waals surface area (Å²) in [5.74, 6) is 0.700. The summed E-state index contributed by atoms with van der Waals surface area (Å²) in [4.78, 5) is 11.9. The molecule has 0 atom stereocenters. The van der Waals surface area contributed by atoms with E-state index in [0.717, 1.165) is 39.3 Å². The summed E-state index contributed by atoms with van der Waals surface area (Å²) in [5, 5.41) is 21.0. The zero-order valence-electron chi connectivity index (χ0n) is 25.7. The first-order chi connectivity index (χ1) is 21.2. The Labute approximate surface area is 278 Å². The van der Waals surface area contributed by atoms with Crippen LogP contribution in [0.3, 0.4) is 0 Å². The van der Waals surface area contributed by atoms with Crippen molar-refractivity contribution in [3.63, 3.8) is 0 Å². The number of benzene rings is 4. The number of phenolic OH excluding ortho intramolecular Hbond substituents is 1. The number of anilines is 3. The molecule has 0 aliphatic carbocycles. The van der Waals surface area contributed by atoms with Crippen LogP contribution in [0.2, 0.25) is 0 Å². The van der Waals surface area contributed by atoms with Crippen molar-refractivity contribution in [2.75, 3.05) is 4.90 Å². The molecule has 1 aliphatic heterocycles. The Hall–Kier alpha value is -4.78. The number of aryl methyl sites for hydroxylation is 3. The quantitative estimate of drug-likeness (QED) is 0.182. The smallest absolute Gasteiger partial charge is 0.158 e. The Morgan fingerprint density at radius 1 is 0.867 bits per heavy atom. The van der Waals surface area contributed by atoms with Gasteiger partial charge in [0.15, 0.2) is 5.75 Å². The van der Waals surface area contributed by atoms with E-state index in [9.17, 15) is 10.4 Å². The molecule has 0 bridgehead atoms. The minimum Gasteiger partial charge on any atom is -0.504 e. The van der Waals surface area contributed by atoms with Gasteiger partial charge in [0, 0.05) is 38.3 Å². The molecule has 4 aromatic carbocycles. The summed E-state index contributed by atoms with van der Waals surface area (Å²) in [6.07, 6.45) is 1.88.